The van der Waals surface area contributed by atoms with E-state index in [-0.39, 0.29) is 36.2 Å². The Kier molecular flexibility index (Phi) is 12.7. The monoisotopic (exact) mass is 859 g/mol. The Morgan fingerprint density at radius 1 is 0.794 bits per heavy atom. The van der Waals surface area contributed by atoms with Crippen LogP contribution in [0.25, 0.3) is 10.9 Å². The van der Waals surface area contributed by atoms with Crippen LogP contribution in [-0.2, 0) is 23.2 Å². The molecular formula is C48H61N9O6. The highest BCUT2D eigenvalue weighted by molar-refractivity contribution is 6.23. The first-order valence-electron chi connectivity index (χ1n) is 22.9. The number of anilines is 2. The van der Waals surface area contributed by atoms with Gasteiger partial charge in [-0.15, -0.1) is 0 Å². The normalized spacial score (nSPS) is 21.0. The molecule has 334 valence electrons. The standard InChI is InChI=1S/C48H61N9O6/c1-4-63-42-28-33(8-12-41(42)62-3)31-57-47(60)37-6-5-7-39(44(37)48(57)61)49-34-16-20-55(21-17-34)30-32-14-18-53(19-15-32)22-23-54-24-26-56(27-25-54)35-9-10-36-40(29-35)52(2)51-45(36)38-11-13-43(58)50-46(38)59/h5-10,12,28-29,32,34,38,49H,4,11,13-27,30-31H2,1-3H3,(H,50,58,59). The summed E-state index contributed by atoms with van der Waals surface area (Å²) in [5.41, 5.74) is 5.42. The van der Waals surface area contributed by atoms with E-state index in [0.717, 1.165) is 113 Å². The lowest BCUT2D eigenvalue weighted by Crippen LogP contribution is -2.49. The molecule has 2 N–H and O–H groups in total. The van der Waals surface area contributed by atoms with Crippen molar-refractivity contribution in [2.75, 3.05) is 95.9 Å². The highest BCUT2D eigenvalue weighted by Crippen LogP contribution is 2.35. The number of aryl methyl sites for hydroxylation is 1. The summed E-state index contributed by atoms with van der Waals surface area (Å²) in [5, 5.41) is 11.8. The number of methoxy groups -OCH3 is 1. The zero-order valence-corrected chi connectivity index (χ0v) is 36.9. The predicted octanol–water partition coefficient (Wildman–Crippen LogP) is 4.71. The molecule has 5 aliphatic heterocycles. The number of likely N-dealkylation sites (tertiary alicyclic amines) is 2. The molecule has 3 aromatic carbocycles. The number of hydrogen-bond donors (Lipinski definition) is 2. The van der Waals surface area contributed by atoms with Crippen LogP contribution in [0.3, 0.4) is 0 Å². The van der Waals surface area contributed by atoms with Crippen molar-refractivity contribution in [3.8, 4) is 11.5 Å². The molecule has 1 aromatic heterocycles. The van der Waals surface area contributed by atoms with Gasteiger partial charge in [0.15, 0.2) is 11.5 Å². The Bertz CT molecular complexity index is 2340. The second-order valence-electron chi connectivity index (χ2n) is 17.9. The van der Waals surface area contributed by atoms with Crippen molar-refractivity contribution in [1.82, 2.24) is 34.7 Å². The first-order valence-corrected chi connectivity index (χ1v) is 22.9. The number of benzene rings is 3. The number of amides is 4. The zero-order chi connectivity index (χ0) is 43.6. The van der Waals surface area contributed by atoms with E-state index in [4.69, 9.17) is 14.6 Å². The first-order chi connectivity index (χ1) is 30.6. The van der Waals surface area contributed by atoms with Gasteiger partial charge in [-0.3, -0.25) is 39.0 Å². The van der Waals surface area contributed by atoms with E-state index in [1.165, 1.54) is 23.4 Å². The Morgan fingerprint density at radius 3 is 2.27 bits per heavy atom. The smallest absolute Gasteiger partial charge is 0.263 e. The lowest BCUT2D eigenvalue weighted by molar-refractivity contribution is -0.134. The van der Waals surface area contributed by atoms with Gasteiger partial charge in [0.05, 0.1) is 48.5 Å². The van der Waals surface area contributed by atoms with Gasteiger partial charge in [-0.1, -0.05) is 12.1 Å². The number of fused-ring (bicyclic) bond motifs is 2. The topological polar surface area (TPSA) is 145 Å². The molecule has 15 nitrogen and oxygen atoms in total. The van der Waals surface area contributed by atoms with Crippen molar-refractivity contribution in [3.05, 3.63) is 77.0 Å². The van der Waals surface area contributed by atoms with E-state index in [2.05, 4.69) is 48.4 Å². The number of piperidine rings is 3. The molecule has 5 aliphatic rings. The molecule has 4 fully saturated rings. The van der Waals surface area contributed by atoms with Crippen LogP contribution in [0, 0.1) is 5.92 Å². The molecule has 15 heteroatoms. The highest BCUT2D eigenvalue weighted by atomic mass is 16.5. The summed E-state index contributed by atoms with van der Waals surface area (Å²) >= 11 is 0. The van der Waals surface area contributed by atoms with Crippen LogP contribution in [-0.4, -0.2) is 145 Å². The van der Waals surface area contributed by atoms with Crippen molar-refractivity contribution in [1.29, 1.82) is 0 Å². The fourth-order valence-electron chi connectivity index (χ4n) is 10.3. The van der Waals surface area contributed by atoms with E-state index >= 15 is 0 Å². The number of ether oxygens (including phenoxy) is 2. The summed E-state index contributed by atoms with van der Waals surface area (Å²) in [7, 11) is 3.52. The summed E-state index contributed by atoms with van der Waals surface area (Å²) in [6.07, 6.45) is 5.31. The van der Waals surface area contributed by atoms with Gasteiger partial charge in [0.25, 0.3) is 11.8 Å². The Labute approximate surface area is 369 Å². The lowest BCUT2D eigenvalue weighted by Gasteiger charge is -2.39. The average molecular weight is 860 g/mol. The van der Waals surface area contributed by atoms with E-state index in [1.807, 2.05) is 49.0 Å². The van der Waals surface area contributed by atoms with Crippen LogP contribution in [0.1, 0.15) is 83.3 Å². The molecule has 0 bridgehead atoms. The van der Waals surface area contributed by atoms with Crippen LogP contribution < -0.4 is 25.0 Å². The Morgan fingerprint density at radius 2 is 1.54 bits per heavy atom. The summed E-state index contributed by atoms with van der Waals surface area (Å²) in [5.74, 6) is 0.537. The number of carbonyl (C=O) groups is 4. The number of rotatable bonds is 14. The number of imide groups is 2. The molecule has 1 unspecified atom stereocenters. The molecule has 63 heavy (non-hydrogen) atoms. The quantitative estimate of drug-likeness (QED) is 0.170. The summed E-state index contributed by atoms with van der Waals surface area (Å²) in [4.78, 5) is 63.2. The van der Waals surface area contributed by atoms with Gasteiger partial charge < -0.3 is 29.5 Å². The Balaban J connectivity index is 0.689. The summed E-state index contributed by atoms with van der Waals surface area (Å²) in [6, 6.07) is 17.8. The zero-order valence-electron chi connectivity index (χ0n) is 36.9. The largest absolute Gasteiger partial charge is 0.493 e. The van der Waals surface area contributed by atoms with Crippen molar-refractivity contribution in [2.24, 2.45) is 13.0 Å². The number of piperazine rings is 1. The third kappa shape index (κ3) is 9.14. The van der Waals surface area contributed by atoms with Gasteiger partial charge in [-0.05, 0) is 106 Å². The molecule has 0 saturated carbocycles. The summed E-state index contributed by atoms with van der Waals surface area (Å²) in [6.45, 7) is 14.3. The fraction of sp³-hybridized carbons (Fsp3) is 0.521. The molecule has 4 amide bonds. The van der Waals surface area contributed by atoms with Crippen LogP contribution in [0.4, 0.5) is 11.4 Å². The minimum Gasteiger partial charge on any atom is -0.493 e. The van der Waals surface area contributed by atoms with Crippen molar-refractivity contribution in [3.63, 3.8) is 0 Å². The molecule has 0 aliphatic carbocycles. The lowest BCUT2D eigenvalue weighted by atomic mass is 9.93. The van der Waals surface area contributed by atoms with Gasteiger partial charge in [0, 0.05) is 95.2 Å². The van der Waals surface area contributed by atoms with Crippen LogP contribution in [0.15, 0.2) is 54.6 Å². The minimum atomic E-state index is -0.395. The molecule has 9 rings (SSSR count). The van der Waals surface area contributed by atoms with E-state index in [9.17, 15) is 19.2 Å². The minimum absolute atomic E-state index is 0.164. The maximum absolute atomic E-state index is 13.8. The second kappa shape index (κ2) is 18.7. The third-order valence-electron chi connectivity index (χ3n) is 13.9. The average Bonchev–Trinajstić information content (AvgIpc) is 3.75. The predicted molar refractivity (Wildman–Crippen MR) is 242 cm³/mol. The number of hydrogen-bond acceptors (Lipinski definition) is 12. The molecule has 0 radical (unpaired) electrons. The van der Waals surface area contributed by atoms with Crippen LogP contribution >= 0.6 is 0 Å². The van der Waals surface area contributed by atoms with Crippen molar-refractivity contribution in [2.45, 2.75) is 64.0 Å². The number of nitrogens with one attached hydrogen (secondary N) is 2. The molecule has 6 heterocycles. The van der Waals surface area contributed by atoms with E-state index in [1.54, 1.807) is 13.2 Å². The van der Waals surface area contributed by atoms with Crippen LogP contribution in [0.5, 0.6) is 11.5 Å². The SMILES string of the molecule is CCOc1cc(CN2C(=O)c3cccc(NC4CCN(CC5CCN(CCN6CCN(c7ccc8c(C9CCC(=O)NC9=O)nn(C)c8c7)CC6)CC5)CC4)c3C2=O)ccc1OC. The molecule has 1 atom stereocenters. The maximum Gasteiger partial charge on any atom is 0.263 e. The van der Waals surface area contributed by atoms with E-state index in [0.29, 0.717) is 48.0 Å². The molecular weight excluding hydrogens is 799 g/mol. The maximum atomic E-state index is 13.8. The van der Waals surface area contributed by atoms with Gasteiger partial charge in [-0.2, -0.15) is 5.10 Å². The highest BCUT2D eigenvalue weighted by Gasteiger charge is 2.38. The van der Waals surface area contributed by atoms with Crippen molar-refractivity contribution < 1.29 is 28.7 Å². The second-order valence-corrected chi connectivity index (χ2v) is 17.9. The number of carbonyl (C=O) groups excluding carboxylic acids is 4. The molecule has 4 aromatic rings. The Hall–Kier alpha value is -5.51. The van der Waals surface area contributed by atoms with Gasteiger partial charge in [0.2, 0.25) is 11.8 Å². The first kappa shape index (κ1) is 42.8. The fourth-order valence-corrected chi connectivity index (χ4v) is 10.3. The van der Waals surface area contributed by atoms with Gasteiger partial charge >= 0.3 is 0 Å². The summed E-state index contributed by atoms with van der Waals surface area (Å²) < 4.78 is 13.0. The molecule has 0 spiro atoms. The third-order valence-corrected chi connectivity index (χ3v) is 13.9. The number of aromatic nitrogens is 2. The van der Waals surface area contributed by atoms with Gasteiger partial charge in [0.1, 0.15) is 0 Å². The van der Waals surface area contributed by atoms with E-state index < -0.39 is 5.92 Å². The number of nitrogens with zero attached hydrogens (tertiary/aromatic N) is 7. The molecule has 4 saturated heterocycles. The van der Waals surface area contributed by atoms with Gasteiger partial charge in [-0.25, -0.2) is 0 Å². The van der Waals surface area contributed by atoms with Crippen LogP contribution in [0.2, 0.25) is 0 Å². The van der Waals surface area contributed by atoms with Crippen molar-refractivity contribution >= 4 is 45.9 Å².